The minimum Gasteiger partial charge on any atom is -0.478 e. The van der Waals surface area contributed by atoms with Crippen molar-refractivity contribution in [3.05, 3.63) is 36.0 Å². The molecule has 0 saturated carbocycles. The van der Waals surface area contributed by atoms with E-state index in [1.165, 1.54) is 12.1 Å². The Balaban J connectivity index is 2.33. The Labute approximate surface area is 107 Å². The SMILES string of the molecule is NC(=O)NC(=O)Cn1ccc2ccc(C(=O)O)cc21. The molecule has 2 rings (SSSR count). The van der Waals surface area contributed by atoms with Crippen molar-refractivity contribution in [3.8, 4) is 0 Å². The molecule has 0 aliphatic carbocycles. The summed E-state index contributed by atoms with van der Waals surface area (Å²) in [6.45, 7) is -0.116. The Hall–Kier alpha value is -2.83. The van der Waals surface area contributed by atoms with E-state index in [2.05, 4.69) is 0 Å². The molecular weight excluding hydrogens is 250 g/mol. The zero-order valence-electron chi connectivity index (χ0n) is 9.79. The molecular formula is C12H11N3O4. The van der Waals surface area contributed by atoms with E-state index in [9.17, 15) is 14.4 Å². The molecule has 4 N–H and O–H groups in total. The van der Waals surface area contributed by atoms with Crippen LogP contribution in [0, 0.1) is 0 Å². The zero-order valence-corrected chi connectivity index (χ0v) is 9.79. The predicted octanol–water partition coefficient (Wildman–Crippen LogP) is 0.534. The van der Waals surface area contributed by atoms with E-state index >= 15 is 0 Å². The van der Waals surface area contributed by atoms with E-state index in [4.69, 9.17) is 10.8 Å². The van der Waals surface area contributed by atoms with Crippen molar-refractivity contribution < 1.29 is 19.5 Å². The van der Waals surface area contributed by atoms with Gasteiger partial charge < -0.3 is 15.4 Å². The number of carboxylic acids is 1. The number of primary amides is 1. The molecule has 0 fully saturated rings. The fraction of sp³-hybridized carbons (Fsp3) is 0.0833. The molecule has 1 aromatic heterocycles. The van der Waals surface area contributed by atoms with Crippen LogP contribution in [0.4, 0.5) is 4.79 Å². The molecule has 0 atom stereocenters. The lowest BCUT2D eigenvalue weighted by molar-refractivity contribution is -0.120. The van der Waals surface area contributed by atoms with Gasteiger partial charge in [0.1, 0.15) is 6.54 Å². The van der Waals surface area contributed by atoms with Crippen molar-refractivity contribution in [1.29, 1.82) is 0 Å². The number of rotatable bonds is 3. The highest BCUT2D eigenvalue weighted by Gasteiger charge is 2.10. The highest BCUT2D eigenvalue weighted by atomic mass is 16.4. The van der Waals surface area contributed by atoms with Crippen LogP contribution in [-0.4, -0.2) is 27.6 Å². The molecule has 7 nitrogen and oxygen atoms in total. The second-order valence-electron chi connectivity index (χ2n) is 3.93. The van der Waals surface area contributed by atoms with Gasteiger partial charge >= 0.3 is 12.0 Å². The number of benzene rings is 1. The molecule has 3 amide bonds. The number of aromatic nitrogens is 1. The summed E-state index contributed by atoms with van der Waals surface area (Å²) in [5, 5.41) is 11.7. The molecule has 0 aliphatic heterocycles. The first-order chi connectivity index (χ1) is 8.97. The molecule has 1 heterocycles. The molecule has 0 spiro atoms. The monoisotopic (exact) mass is 261 g/mol. The standard InChI is InChI=1S/C12H11N3O4/c13-12(19)14-10(16)6-15-4-3-7-1-2-8(11(17)18)5-9(7)15/h1-5H,6H2,(H,17,18)(H3,13,14,16,19). The van der Waals surface area contributed by atoms with Gasteiger partial charge in [-0.2, -0.15) is 0 Å². The van der Waals surface area contributed by atoms with Crippen LogP contribution in [0.2, 0.25) is 0 Å². The van der Waals surface area contributed by atoms with Gasteiger partial charge in [0.2, 0.25) is 5.91 Å². The summed E-state index contributed by atoms with van der Waals surface area (Å²) < 4.78 is 1.54. The van der Waals surface area contributed by atoms with Gasteiger partial charge in [0.15, 0.2) is 0 Å². The van der Waals surface area contributed by atoms with Gasteiger partial charge in [-0.05, 0) is 23.6 Å². The molecule has 0 radical (unpaired) electrons. The first-order valence-corrected chi connectivity index (χ1v) is 5.39. The van der Waals surface area contributed by atoms with Gasteiger partial charge in [-0.15, -0.1) is 0 Å². The Morgan fingerprint density at radius 2 is 2.00 bits per heavy atom. The Kier molecular flexibility index (Phi) is 3.19. The first kappa shape index (κ1) is 12.6. The number of carboxylic acid groups (broad SMARTS) is 1. The van der Waals surface area contributed by atoms with Gasteiger partial charge in [-0.25, -0.2) is 9.59 Å². The van der Waals surface area contributed by atoms with E-state index in [-0.39, 0.29) is 12.1 Å². The van der Waals surface area contributed by atoms with Gasteiger partial charge in [0.05, 0.1) is 5.56 Å². The third-order valence-electron chi connectivity index (χ3n) is 2.60. The minimum atomic E-state index is -1.05. The Morgan fingerprint density at radius 3 is 2.63 bits per heavy atom. The van der Waals surface area contributed by atoms with Crippen LogP contribution >= 0.6 is 0 Å². The topological polar surface area (TPSA) is 114 Å². The third kappa shape index (κ3) is 2.71. The summed E-state index contributed by atoms with van der Waals surface area (Å²) in [6.07, 6.45) is 1.64. The summed E-state index contributed by atoms with van der Waals surface area (Å²) in [5.41, 5.74) is 5.57. The van der Waals surface area contributed by atoms with Crippen molar-refractivity contribution in [2.24, 2.45) is 5.73 Å². The number of amides is 3. The smallest absolute Gasteiger partial charge is 0.335 e. The number of carbonyl (C=O) groups is 3. The highest BCUT2D eigenvalue weighted by Crippen LogP contribution is 2.17. The van der Waals surface area contributed by atoms with Crippen molar-refractivity contribution in [1.82, 2.24) is 9.88 Å². The first-order valence-electron chi connectivity index (χ1n) is 5.39. The number of nitrogens with zero attached hydrogens (tertiary/aromatic N) is 1. The maximum absolute atomic E-state index is 11.4. The number of urea groups is 1. The second kappa shape index (κ2) is 4.81. The number of aromatic carboxylic acids is 1. The summed E-state index contributed by atoms with van der Waals surface area (Å²) >= 11 is 0. The van der Waals surface area contributed by atoms with Crippen LogP contribution in [0.25, 0.3) is 10.9 Å². The Morgan fingerprint density at radius 1 is 1.26 bits per heavy atom. The molecule has 0 unspecified atom stereocenters. The fourth-order valence-corrected chi connectivity index (χ4v) is 1.79. The molecule has 0 bridgehead atoms. The summed E-state index contributed by atoms with van der Waals surface area (Å²) in [6, 6.07) is 5.43. The number of fused-ring (bicyclic) bond motifs is 1. The fourth-order valence-electron chi connectivity index (χ4n) is 1.79. The van der Waals surface area contributed by atoms with Crippen molar-refractivity contribution in [3.63, 3.8) is 0 Å². The van der Waals surface area contributed by atoms with Gasteiger partial charge in [0, 0.05) is 11.7 Å². The predicted molar refractivity (Wildman–Crippen MR) is 66.6 cm³/mol. The molecule has 1 aromatic carbocycles. The van der Waals surface area contributed by atoms with Crippen LogP contribution in [0.3, 0.4) is 0 Å². The highest BCUT2D eigenvalue weighted by molar-refractivity contribution is 5.96. The molecule has 98 valence electrons. The lowest BCUT2D eigenvalue weighted by atomic mass is 10.1. The summed E-state index contributed by atoms with van der Waals surface area (Å²) in [4.78, 5) is 32.9. The van der Waals surface area contributed by atoms with E-state index in [0.717, 1.165) is 5.39 Å². The average Bonchev–Trinajstić information content (AvgIpc) is 2.70. The lowest BCUT2D eigenvalue weighted by Crippen LogP contribution is -2.37. The van der Waals surface area contributed by atoms with Gasteiger partial charge in [0.25, 0.3) is 0 Å². The van der Waals surface area contributed by atoms with Crippen LogP contribution in [0.5, 0.6) is 0 Å². The lowest BCUT2D eigenvalue weighted by Gasteiger charge is -2.05. The van der Waals surface area contributed by atoms with Gasteiger partial charge in [-0.1, -0.05) is 6.07 Å². The maximum Gasteiger partial charge on any atom is 0.335 e. The van der Waals surface area contributed by atoms with Crippen LogP contribution < -0.4 is 11.1 Å². The zero-order chi connectivity index (χ0) is 14.0. The third-order valence-corrected chi connectivity index (χ3v) is 2.60. The maximum atomic E-state index is 11.4. The number of hydrogen-bond acceptors (Lipinski definition) is 3. The van der Waals surface area contributed by atoms with Crippen LogP contribution in [0.1, 0.15) is 10.4 Å². The molecule has 2 aromatic rings. The summed E-state index contributed by atoms with van der Waals surface area (Å²) in [7, 11) is 0. The average molecular weight is 261 g/mol. The van der Waals surface area contributed by atoms with Crippen LogP contribution in [-0.2, 0) is 11.3 Å². The quantitative estimate of drug-likeness (QED) is 0.747. The number of hydrogen-bond donors (Lipinski definition) is 3. The number of nitrogens with two attached hydrogens (primary N) is 1. The molecule has 19 heavy (non-hydrogen) atoms. The second-order valence-corrected chi connectivity index (χ2v) is 3.93. The van der Waals surface area contributed by atoms with Crippen LogP contribution in [0.15, 0.2) is 30.5 Å². The van der Waals surface area contributed by atoms with Crippen molar-refractivity contribution >= 4 is 28.8 Å². The van der Waals surface area contributed by atoms with E-state index in [0.29, 0.717) is 5.52 Å². The van der Waals surface area contributed by atoms with E-state index < -0.39 is 17.9 Å². The van der Waals surface area contributed by atoms with Gasteiger partial charge in [-0.3, -0.25) is 10.1 Å². The minimum absolute atomic E-state index is 0.116. The van der Waals surface area contributed by atoms with E-state index in [1.807, 2.05) is 5.32 Å². The number of nitrogens with one attached hydrogen (secondary N) is 1. The van der Waals surface area contributed by atoms with E-state index in [1.54, 1.807) is 22.9 Å². The number of carbonyl (C=O) groups excluding carboxylic acids is 2. The van der Waals surface area contributed by atoms with Crippen molar-refractivity contribution in [2.75, 3.05) is 0 Å². The molecule has 0 aliphatic rings. The largest absolute Gasteiger partial charge is 0.478 e. The normalized spacial score (nSPS) is 10.3. The Bertz CT molecular complexity index is 675. The number of imide groups is 1. The molecule has 7 heteroatoms. The molecule has 0 saturated heterocycles. The van der Waals surface area contributed by atoms with Crippen molar-refractivity contribution in [2.45, 2.75) is 6.54 Å². The summed E-state index contributed by atoms with van der Waals surface area (Å²) in [5.74, 6) is -1.61.